The van der Waals surface area contributed by atoms with E-state index in [4.69, 9.17) is 18.5 Å². The highest BCUT2D eigenvalue weighted by Crippen LogP contribution is 2.49. The first-order valence-corrected chi connectivity index (χ1v) is 27.6. The number of unbranched alkanes of at least 4 members (excludes halogenated alkanes) is 7. The molecular formula is C51H82O17P2. The van der Waals surface area contributed by atoms with Crippen LogP contribution in [0, 0.1) is 0 Å². The Kier molecular flexibility index (Phi) is 37.1. The summed E-state index contributed by atoms with van der Waals surface area (Å²) in [5, 5.41) is 50.8. The van der Waals surface area contributed by atoms with Crippen LogP contribution in [0.2, 0.25) is 0 Å². The summed E-state index contributed by atoms with van der Waals surface area (Å²) in [6.07, 6.45) is 35.6. The molecule has 8 N–H and O–H groups in total. The summed E-state index contributed by atoms with van der Waals surface area (Å²) in [7, 11) is -10.7. The number of allylic oxidation sites excluding steroid dienone is 17. The standard InChI is InChI=1S/C51H82O17P2/c1-3-5-6-7-8-9-10-11-12-13-14-15-16-20-23-26-29-32-35-38-44(53)64-40-43(41-65-70(62,63)68-51-48(57)46(55)47(56)50(49(51)58)67-69(59,60)61)66-45(54)39-36-33-30-27-24-21-18-17-19-22-25-28-31-34-37-42(52)4-2/h8-9,11-12,14-15,18-23,27-28,30-31,34,37,42-43,46-52,55-58H,3-7,10,13,16-17,24-26,29,32-33,35-36,38-41H2,1-2H3,(H,62,63)(H2,59,60,61)/b9-8-,12-11-,15-14-,21-18-,22-19-,23-20-,30-27-,31-28-,37-34+/t42-,43-,46?,47?,48?,49?,50-,51+/m1/s1. The molecule has 0 aromatic carbocycles. The van der Waals surface area contributed by atoms with Crippen molar-refractivity contribution in [2.45, 2.75) is 185 Å². The summed E-state index contributed by atoms with van der Waals surface area (Å²) in [5.74, 6) is -1.34. The number of hydrogen-bond acceptors (Lipinski definition) is 14. The van der Waals surface area contributed by atoms with Crippen molar-refractivity contribution in [3.8, 4) is 0 Å². The van der Waals surface area contributed by atoms with Crippen molar-refractivity contribution in [2.75, 3.05) is 13.2 Å². The highest BCUT2D eigenvalue weighted by Gasteiger charge is 2.54. The number of rotatable bonds is 39. The lowest BCUT2D eigenvalue weighted by Crippen LogP contribution is -2.64. The molecule has 0 radical (unpaired) electrons. The Morgan fingerprint density at radius 2 is 1.00 bits per heavy atom. The zero-order valence-electron chi connectivity index (χ0n) is 41.0. The highest BCUT2D eigenvalue weighted by molar-refractivity contribution is 7.47. The normalized spacial score (nSPS) is 22.4. The van der Waals surface area contributed by atoms with Gasteiger partial charge in [0, 0.05) is 12.8 Å². The zero-order valence-corrected chi connectivity index (χ0v) is 42.8. The van der Waals surface area contributed by atoms with Gasteiger partial charge in [0.25, 0.3) is 0 Å². The summed E-state index contributed by atoms with van der Waals surface area (Å²) >= 11 is 0. The largest absolute Gasteiger partial charge is 0.472 e. The molecule has 0 saturated heterocycles. The molecule has 1 aliphatic rings. The molecule has 0 spiro atoms. The summed E-state index contributed by atoms with van der Waals surface area (Å²) in [4.78, 5) is 54.3. The minimum absolute atomic E-state index is 0.0569. The van der Waals surface area contributed by atoms with Gasteiger partial charge in [0.05, 0.1) is 12.7 Å². The van der Waals surface area contributed by atoms with Crippen LogP contribution in [-0.4, -0.2) is 114 Å². The second-order valence-corrected chi connectivity index (χ2v) is 19.2. The van der Waals surface area contributed by atoms with Crippen molar-refractivity contribution in [1.82, 2.24) is 0 Å². The molecule has 1 fully saturated rings. The number of carbonyl (C=O) groups excluding carboxylic acids is 2. The number of carbonyl (C=O) groups is 2. The number of hydrogen-bond donors (Lipinski definition) is 8. The molecule has 0 amide bonds. The van der Waals surface area contributed by atoms with Gasteiger partial charge in [-0.2, -0.15) is 0 Å². The predicted octanol–water partition coefficient (Wildman–Crippen LogP) is 8.70. The van der Waals surface area contributed by atoms with Gasteiger partial charge < -0.3 is 49.7 Å². The van der Waals surface area contributed by atoms with E-state index in [1.165, 1.54) is 19.3 Å². The molecule has 17 nitrogen and oxygen atoms in total. The molecule has 1 saturated carbocycles. The van der Waals surface area contributed by atoms with E-state index in [-0.39, 0.29) is 12.8 Å². The van der Waals surface area contributed by atoms with Crippen LogP contribution in [0.15, 0.2) is 109 Å². The van der Waals surface area contributed by atoms with Crippen molar-refractivity contribution < 1.29 is 82.0 Å². The smallest absolute Gasteiger partial charge is 0.462 e. The van der Waals surface area contributed by atoms with Gasteiger partial charge in [-0.05, 0) is 89.9 Å². The first-order chi connectivity index (χ1) is 33.5. The number of ether oxygens (including phenoxy) is 2. The summed E-state index contributed by atoms with van der Waals surface area (Å²) in [6.45, 7) is 2.67. The quantitative estimate of drug-likeness (QED) is 0.00940. The van der Waals surface area contributed by atoms with Crippen LogP contribution in [0.25, 0.3) is 0 Å². The number of aliphatic hydroxyl groups excluding tert-OH is 5. The molecule has 19 heteroatoms. The molecule has 0 aromatic rings. The third kappa shape index (κ3) is 34.1. The fourth-order valence-electron chi connectivity index (χ4n) is 6.52. The van der Waals surface area contributed by atoms with Crippen LogP contribution in [0.4, 0.5) is 0 Å². The Labute approximate surface area is 415 Å². The van der Waals surface area contributed by atoms with Crippen molar-refractivity contribution in [3.05, 3.63) is 109 Å². The third-order valence-electron chi connectivity index (χ3n) is 10.5. The van der Waals surface area contributed by atoms with Crippen LogP contribution in [0.3, 0.4) is 0 Å². The molecule has 0 aromatic heterocycles. The fraction of sp³-hybridized carbons (Fsp3) is 0.608. The second-order valence-electron chi connectivity index (χ2n) is 16.6. The SMILES string of the molecule is CCCCC/C=C\C/C=C\C/C=C\C/C=C\CCCCCC(=O)OC[C@H](COP(=O)(O)O[C@H]1C(O)C(O)C(O)[C@@H](OP(=O)(O)O)C1O)OC(=O)CCC/C=C\C/C=C\C/C=C\C/C=C\C=C\[C@H](O)CC. The van der Waals surface area contributed by atoms with Gasteiger partial charge in [0.15, 0.2) is 6.10 Å². The number of aliphatic hydroxyl groups is 5. The average molecular weight is 1030 g/mol. The van der Waals surface area contributed by atoms with E-state index in [1.54, 1.807) is 6.08 Å². The molecule has 398 valence electrons. The van der Waals surface area contributed by atoms with Crippen molar-refractivity contribution in [3.63, 3.8) is 0 Å². The molecule has 1 rings (SSSR count). The summed E-state index contributed by atoms with van der Waals surface area (Å²) in [5.41, 5.74) is 0. The molecule has 9 atom stereocenters. The monoisotopic (exact) mass is 1030 g/mol. The minimum atomic E-state index is -5.39. The molecule has 0 bridgehead atoms. The number of phosphoric acid groups is 2. The van der Waals surface area contributed by atoms with Gasteiger partial charge in [0.2, 0.25) is 0 Å². The van der Waals surface area contributed by atoms with E-state index in [0.717, 1.165) is 57.8 Å². The molecule has 0 aliphatic heterocycles. The zero-order chi connectivity index (χ0) is 51.9. The second kappa shape index (κ2) is 40.1. The van der Waals surface area contributed by atoms with Crippen LogP contribution in [0.1, 0.15) is 136 Å². The van der Waals surface area contributed by atoms with E-state index in [9.17, 15) is 58.9 Å². The van der Waals surface area contributed by atoms with Gasteiger partial charge in [-0.15, -0.1) is 0 Å². The van der Waals surface area contributed by atoms with Gasteiger partial charge in [-0.25, -0.2) is 9.13 Å². The Hall–Kier alpha value is -3.38. The van der Waals surface area contributed by atoms with Crippen LogP contribution in [-0.2, 0) is 41.8 Å². The maximum absolute atomic E-state index is 13.0. The lowest BCUT2D eigenvalue weighted by molar-refractivity contribution is -0.216. The summed E-state index contributed by atoms with van der Waals surface area (Å²) in [6, 6.07) is 0. The van der Waals surface area contributed by atoms with Crippen LogP contribution < -0.4 is 0 Å². The van der Waals surface area contributed by atoms with E-state index in [2.05, 4.69) is 66.1 Å². The van der Waals surface area contributed by atoms with Gasteiger partial charge >= 0.3 is 27.6 Å². The molecular weight excluding hydrogens is 946 g/mol. The molecule has 0 heterocycles. The lowest BCUT2D eigenvalue weighted by Gasteiger charge is -2.43. The van der Waals surface area contributed by atoms with E-state index in [0.29, 0.717) is 32.1 Å². The topological polar surface area (TPSA) is 276 Å². The molecule has 5 unspecified atom stereocenters. The highest BCUT2D eigenvalue weighted by atomic mass is 31.2. The maximum atomic E-state index is 13.0. The maximum Gasteiger partial charge on any atom is 0.472 e. The van der Waals surface area contributed by atoms with Crippen molar-refractivity contribution >= 4 is 27.6 Å². The Morgan fingerprint density at radius 1 is 0.529 bits per heavy atom. The predicted molar refractivity (Wildman–Crippen MR) is 270 cm³/mol. The lowest BCUT2D eigenvalue weighted by atomic mass is 9.85. The Balaban J connectivity index is 2.65. The van der Waals surface area contributed by atoms with Crippen molar-refractivity contribution in [1.29, 1.82) is 0 Å². The van der Waals surface area contributed by atoms with Gasteiger partial charge in [0.1, 0.15) is 43.2 Å². The Morgan fingerprint density at radius 3 is 1.51 bits per heavy atom. The summed E-state index contributed by atoms with van der Waals surface area (Å²) < 4.78 is 49.3. The molecule has 70 heavy (non-hydrogen) atoms. The average Bonchev–Trinajstić information content (AvgIpc) is 3.32. The van der Waals surface area contributed by atoms with Crippen LogP contribution >= 0.6 is 15.6 Å². The van der Waals surface area contributed by atoms with Crippen molar-refractivity contribution in [2.24, 2.45) is 0 Å². The fourth-order valence-corrected chi connectivity index (χ4v) is 8.06. The first kappa shape index (κ1) is 64.6. The first-order valence-electron chi connectivity index (χ1n) is 24.5. The third-order valence-corrected chi connectivity index (χ3v) is 12.0. The number of phosphoric ester groups is 2. The van der Waals surface area contributed by atoms with E-state index in [1.807, 2.05) is 55.5 Å². The van der Waals surface area contributed by atoms with Gasteiger partial charge in [-0.1, -0.05) is 142 Å². The number of esters is 2. The molecule has 1 aliphatic carbocycles. The van der Waals surface area contributed by atoms with Crippen LogP contribution in [0.5, 0.6) is 0 Å². The van der Waals surface area contributed by atoms with Gasteiger partial charge in [-0.3, -0.25) is 23.2 Å². The van der Waals surface area contributed by atoms with E-state index < -0.39 is 89.6 Å². The minimum Gasteiger partial charge on any atom is -0.462 e. The van der Waals surface area contributed by atoms with E-state index >= 15 is 0 Å². The Bertz CT molecular complexity index is 1780.